The van der Waals surface area contributed by atoms with E-state index in [9.17, 15) is 13.2 Å². The molecule has 1 aliphatic carbocycles. The quantitative estimate of drug-likeness (QED) is 0.851. The van der Waals surface area contributed by atoms with Crippen LogP contribution in [-0.2, 0) is 14.8 Å². The van der Waals surface area contributed by atoms with Crippen molar-refractivity contribution < 1.29 is 18.3 Å². The summed E-state index contributed by atoms with van der Waals surface area (Å²) in [6.07, 6.45) is 1.03. The van der Waals surface area contributed by atoms with Crippen LogP contribution < -0.4 is 4.72 Å². The summed E-state index contributed by atoms with van der Waals surface area (Å²) in [4.78, 5) is 11.1. The maximum Gasteiger partial charge on any atom is 0.310 e. The number of rotatable bonds is 5. The second-order valence-electron chi connectivity index (χ2n) is 4.84. The van der Waals surface area contributed by atoms with E-state index in [1.807, 2.05) is 6.92 Å². The van der Waals surface area contributed by atoms with Crippen LogP contribution in [-0.4, -0.2) is 26.0 Å². The van der Waals surface area contributed by atoms with E-state index >= 15 is 0 Å². The standard InChI is InChI=1S/C12H14BrNO4S/c1-8-2-3-10(9(13)6-8)19(17,18)14-7-12(4-5-12)11(15)16/h2-3,6,14H,4-5,7H2,1H3,(H,15,16). The summed E-state index contributed by atoms with van der Waals surface area (Å²) in [5.74, 6) is -0.946. The minimum absolute atomic E-state index is 0.0645. The Kier molecular flexibility index (Phi) is 3.72. The van der Waals surface area contributed by atoms with Crippen LogP contribution in [0.1, 0.15) is 18.4 Å². The third kappa shape index (κ3) is 2.98. The van der Waals surface area contributed by atoms with Gasteiger partial charge in [-0.3, -0.25) is 4.79 Å². The maximum absolute atomic E-state index is 12.1. The van der Waals surface area contributed by atoms with Crippen LogP contribution >= 0.6 is 15.9 Å². The highest BCUT2D eigenvalue weighted by atomic mass is 79.9. The summed E-state index contributed by atoms with van der Waals surface area (Å²) in [6, 6.07) is 4.91. The van der Waals surface area contributed by atoms with Gasteiger partial charge >= 0.3 is 5.97 Å². The first kappa shape index (κ1) is 14.5. The van der Waals surface area contributed by atoms with Gasteiger partial charge in [0.15, 0.2) is 0 Å². The molecule has 0 heterocycles. The number of sulfonamides is 1. The molecule has 19 heavy (non-hydrogen) atoms. The predicted octanol–water partition coefficient (Wildman–Crippen LogP) is 1.90. The summed E-state index contributed by atoms with van der Waals surface area (Å²) < 4.78 is 27.1. The molecule has 5 nitrogen and oxygen atoms in total. The number of benzene rings is 1. The number of hydrogen-bond donors (Lipinski definition) is 2. The van der Waals surface area contributed by atoms with Gasteiger partial charge in [-0.1, -0.05) is 6.07 Å². The zero-order chi connectivity index (χ0) is 14.3. The van der Waals surface area contributed by atoms with Crippen LogP contribution in [0.4, 0.5) is 0 Å². The van der Waals surface area contributed by atoms with Crippen molar-refractivity contribution in [2.75, 3.05) is 6.54 Å². The Bertz CT molecular complexity index is 623. The predicted molar refractivity (Wildman–Crippen MR) is 73.4 cm³/mol. The zero-order valence-corrected chi connectivity index (χ0v) is 12.7. The molecule has 0 amide bonds. The number of aliphatic carboxylic acids is 1. The van der Waals surface area contributed by atoms with Crippen molar-refractivity contribution in [2.24, 2.45) is 5.41 Å². The van der Waals surface area contributed by atoms with Crippen molar-refractivity contribution in [3.8, 4) is 0 Å². The van der Waals surface area contributed by atoms with Crippen molar-refractivity contribution >= 4 is 31.9 Å². The summed E-state index contributed by atoms with van der Waals surface area (Å²) in [6.45, 7) is 1.79. The van der Waals surface area contributed by atoms with Crippen molar-refractivity contribution in [3.05, 3.63) is 28.2 Å². The average Bonchev–Trinajstić information content (AvgIpc) is 3.07. The van der Waals surface area contributed by atoms with E-state index in [4.69, 9.17) is 5.11 Å². The van der Waals surface area contributed by atoms with E-state index < -0.39 is 21.4 Å². The average molecular weight is 348 g/mol. The van der Waals surface area contributed by atoms with Gasteiger partial charge < -0.3 is 5.11 Å². The molecule has 0 saturated heterocycles. The lowest BCUT2D eigenvalue weighted by atomic mass is 10.1. The Balaban J connectivity index is 2.17. The molecular formula is C12H14BrNO4S. The monoisotopic (exact) mass is 347 g/mol. The normalized spacial score (nSPS) is 17.2. The van der Waals surface area contributed by atoms with E-state index in [0.717, 1.165) is 5.56 Å². The molecule has 1 aromatic carbocycles. The highest BCUT2D eigenvalue weighted by Gasteiger charge is 2.50. The van der Waals surface area contributed by atoms with Gasteiger partial charge in [-0.25, -0.2) is 13.1 Å². The van der Waals surface area contributed by atoms with Crippen molar-refractivity contribution in [3.63, 3.8) is 0 Å². The number of carboxylic acid groups (broad SMARTS) is 1. The molecule has 2 N–H and O–H groups in total. The van der Waals surface area contributed by atoms with Crippen molar-refractivity contribution in [1.82, 2.24) is 4.72 Å². The number of carbonyl (C=O) groups is 1. The molecule has 1 aliphatic rings. The highest BCUT2D eigenvalue weighted by molar-refractivity contribution is 9.10. The molecule has 0 spiro atoms. The van der Waals surface area contributed by atoms with E-state index in [0.29, 0.717) is 17.3 Å². The third-order valence-corrected chi connectivity index (χ3v) is 5.66. The Hall–Kier alpha value is -0.920. The van der Waals surface area contributed by atoms with Gasteiger partial charge in [0, 0.05) is 11.0 Å². The number of halogens is 1. The molecule has 1 fully saturated rings. The molecule has 0 unspecified atom stereocenters. The minimum atomic E-state index is -3.69. The molecular weight excluding hydrogens is 334 g/mol. The second kappa shape index (κ2) is 4.88. The fourth-order valence-corrected chi connectivity index (χ4v) is 4.07. The highest BCUT2D eigenvalue weighted by Crippen LogP contribution is 2.45. The lowest BCUT2D eigenvalue weighted by molar-refractivity contribution is -0.143. The molecule has 1 saturated carbocycles. The fourth-order valence-electron chi connectivity index (χ4n) is 1.75. The SMILES string of the molecule is Cc1ccc(S(=O)(=O)NCC2(C(=O)O)CC2)c(Br)c1. The first-order valence-corrected chi connectivity index (χ1v) is 8.04. The Morgan fingerprint density at radius 1 is 1.47 bits per heavy atom. The molecule has 7 heteroatoms. The summed E-state index contributed by atoms with van der Waals surface area (Å²) in [7, 11) is -3.69. The van der Waals surface area contributed by atoms with Gasteiger partial charge in [0.25, 0.3) is 0 Å². The van der Waals surface area contributed by atoms with Crippen molar-refractivity contribution in [1.29, 1.82) is 0 Å². The molecule has 2 rings (SSSR count). The molecule has 0 bridgehead atoms. The van der Waals surface area contributed by atoms with Crippen LogP contribution in [0.25, 0.3) is 0 Å². The van der Waals surface area contributed by atoms with Crippen LogP contribution in [0, 0.1) is 12.3 Å². The number of aryl methyl sites for hydroxylation is 1. The fraction of sp³-hybridized carbons (Fsp3) is 0.417. The van der Waals surface area contributed by atoms with Crippen molar-refractivity contribution in [2.45, 2.75) is 24.7 Å². The first-order chi connectivity index (χ1) is 8.77. The van der Waals surface area contributed by atoms with E-state index in [-0.39, 0.29) is 11.4 Å². The van der Waals surface area contributed by atoms with Gasteiger partial charge in [-0.05, 0) is 53.4 Å². The van der Waals surface area contributed by atoms with Gasteiger partial charge in [-0.2, -0.15) is 0 Å². The van der Waals surface area contributed by atoms with Gasteiger partial charge in [-0.15, -0.1) is 0 Å². The largest absolute Gasteiger partial charge is 0.481 e. The van der Waals surface area contributed by atoms with Crippen LogP contribution in [0.3, 0.4) is 0 Å². The minimum Gasteiger partial charge on any atom is -0.481 e. The molecule has 104 valence electrons. The smallest absolute Gasteiger partial charge is 0.310 e. The topological polar surface area (TPSA) is 83.5 Å². The van der Waals surface area contributed by atoms with E-state index in [2.05, 4.69) is 20.7 Å². The summed E-state index contributed by atoms with van der Waals surface area (Å²) in [5.41, 5.74) is 0.0274. The molecule has 0 radical (unpaired) electrons. The lowest BCUT2D eigenvalue weighted by Gasteiger charge is -2.12. The van der Waals surface area contributed by atoms with Gasteiger partial charge in [0.05, 0.1) is 10.3 Å². The zero-order valence-electron chi connectivity index (χ0n) is 10.3. The van der Waals surface area contributed by atoms with Crippen LogP contribution in [0.2, 0.25) is 0 Å². The number of hydrogen-bond acceptors (Lipinski definition) is 3. The Morgan fingerprint density at radius 3 is 2.58 bits per heavy atom. The third-order valence-electron chi connectivity index (χ3n) is 3.28. The Labute approximate surface area is 120 Å². The van der Waals surface area contributed by atoms with E-state index in [1.54, 1.807) is 12.1 Å². The second-order valence-corrected chi connectivity index (χ2v) is 7.43. The summed E-state index contributed by atoms with van der Waals surface area (Å²) in [5, 5.41) is 9.02. The lowest BCUT2D eigenvalue weighted by Crippen LogP contribution is -2.34. The first-order valence-electron chi connectivity index (χ1n) is 5.76. The molecule has 1 aromatic rings. The number of nitrogens with one attached hydrogen (secondary N) is 1. The van der Waals surface area contributed by atoms with Gasteiger partial charge in [0.1, 0.15) is 0 Å². The summed E-state index contributed by atoms with van der Waals surface area (Å²) >= 11 is 3.21. The maximum atomic E-state index is 12.1. The van der Waals surface area contributed by atoms with E-state index in [1.165, 1.54) is 6.07 Å². The molecule has 0 aromatic heterocycles. The molecule has 0 atom stereocenters. The molecule has 0 aliphatic heterocycles. The number of carboxylic acids is 1. The van der Waals surface area contributed by atoms with Crippen LogP contribution in [0.5, 0.6) is 0 Å². The Morgan fingerprint density at radius 2 is 2.11 bits per heavy atom. The van der Waals surface area contributed by atoms with Crippen LogP contribution in [0.15, 0.2) is 27.6 Å². The van der Waals surface area contributed by atoms with Gasteiger partial charge in [0.2, 0.25) is 10.0 Å².